The quantitative estimate of drug-likeness (QED) is 0.896. The maximum atomic E-state index is 4.84. The summed E-state index contributed by atoms with van der Waals surface area (Å²) in [5.41, 5.74) is 1.30. The minimum Gasteiger partial charge on any atom is -0.307 e. The van der Waals surface area contributed by atoms with Gasteiger partial charge in [0.15, 0.2) is 0 Å². The highest BCUT2D eigenvalue weighted by Crippen LogP contribution is 2.33. The summed E-state index contributed by atoms with van der Waals surface area (Å²) < 4.78 is 0. The van der Waals surface area contributed by atoms with Gasteiger partial charge in [-0.3, -0.25) is 0 Å². The normalized spacial score (nSPS) is 26.6. The second-order valence-electron chi connectivity index (χ2n) is 5.41. The molecular weight excluding hydrogens is 230 g/mol. The number of likely N-dealkylation sites (N-methyl/N-ethyl adjacent to an activating group) is 2. The lowest BCUT2D eigenvalue weighted by Gasteiger charge is -2.40. The van der Waals surface area contributed by atoms with Gasteiger partial charge in [0.1, 0.15) is 5.01 Å². The van der Waals surface area contributed by atoms with E-state index in [1.807, 2.05) is 11.3 Å². The van der Waals surface area contributed by atoms with Gasteiger partial charge >= 0.3 is 0 Å². The van der Waals surface area contributed by atoms with Crippen molar-refractivity contribution >= 4 is 11.3 Å². The molecule has 17 heavy (non-hydrogen) atoms. The van der Waals surface area contributed by atoms with Gasteiger partial charge in [0.05, 0.1) is 11.2 Å². The number of likely N-dealkylation sites (tertiary alicyclic amines) is 1. The van der Waals surface area contributed by atoms with Crippen molar-refractivity contribution in [1.29, 1.82) is 0 Å². The molecule has 1 aromatic heterocycles. The molecular formula is C13H23N3S. The fourth-order valence-corrected chi connectivity index (χ4v) is 3.74. The molecule has 3 nitrogen and oxygen atoms in total. The first-order chi connectivity index (χ1) is 8.07. The van der Waals surface area contributed by atoms with E-state index >= 15 is 0 Å². The first-order valence-electron chi connectivity index (χ1n) is 6.41. The molecule has 1 aliphatic heterocycles. The number of nitrogens with one attached hydrogen (secondary N) is 1. The summed E-state index contributed by atoms with van der Waals surface area (Å²) in [5.74, 6) is 0.523. The van der Waals surface area contributed by atoms with Crippen LogP contribution in [0.1, 0.15) is 43.3 Å². The number of piperidine rings is 1. The summed E-state index contributed by atoms with van der Waals surface area (Å²) in [6, 6.07) is 0. The Balaban J connectivity index is 2.26. The molecule has 1 unspecified atom stereocenters. The van der Waals surface area contributed by atoms with Crippen LogP contribution in [-0.2, 0) is 5.54 Å². The lowest BCUT2D eigenvalue weighted by molar-refractivity contribution is 0.151. The van der Waals surface area contributed by atoms with Crippen molar-refractivity contribution in [1.82, 2.24) is 15.2 Å². The van der Waals surface area contributed by atoms with Crippen LogP contribution < -0.4 is 5.32 Å². The van der Waals surface area contributed by atoms with Crippen molar-refractivity contribution < 1.29 is 0 Å². The molecule has 1 atom stereocenters. The maximum Gasteiger partial charge on any atom is 0.114 e. The predicted octanol–water partition coefficient (Wildman–Crippen LogP) is 2.41. The Morgan fingerprint density at radius 2 is 2.29 bits per heavy atom. The standard InChI is InChI=1S/C13H23N3S/c1-10(2)11-8-17-12(15-11)13(14-3)6-5-7-16(4)9-13/h8,10,14H,5-7,9H2,1-4H3. The Labute approximate surface area is 108 Å². The second-order valence-corrected chi connectivity index (χ2v) is 6.26. The van der Waals surface area contributed by atoms with E-state index in [0.717, 1.165) is 6.54 Å². The largest absolute Gasteiger partial charge is 0.307 e. The zero-order chi connectivity index (χ0) is 12.5. The van der Waals surface area contributed by atoms with E-state index in [0.29, 0.717) is 5.92 Å². The summed E-state index contributed by atoms with van der Waals surface area (Å²) >= 11 is 1.81. The number of rotatable bonds is 3. The first-order valence-corrected chi connectivity index (χ1v) is 7.29. The summed E-state index contributed by atoms with van der Waals surface area (Å²) in [7, 11) is 4.26. The number of nitrogens with zero attached hydrogens (tertiary/aromatic N) is 2. The van der Waals surface area contributed by atoms with Crippen LogP contribution in [0.15, 0.2) is 5.38 Å². The van der Waals surface area contributed by atoms with Crippen LogP contribution >= 0.6 is 11.3 Å². The predicted molar refractivity (Wildman–Crippen MR) is 73.7 cm³/mol. The molecule has 0 radical (unpaired) electrons. The van der Waals surface area contributed by atoms with E-state index in [1.54, 1.807) is 0 Å². The highest BCUT2D eigenvalue weighted by molar-refractivity contribution is 7.09. The second kappa shape index (κ2) is 5.04. The molecule has 2 heterocycles. The van der Waals surface area contributed by atoms with E-state index in [4.69, 9.17) is 4.98 Å². The zero-order valence-electron chi connectivity index (χ0n) is 11.3. The molecule has 0 bridgehead atoms. The van der Waals surface area contributed by atoms with Gasteiger partial charge in [-0.25, -0.2) is 4.98 Å². The molecule has 1 N–H and O–H groups in total. The fraction of sp³-hybridized carbons (Fsp3) is 0.769. The lowest BCUT2D eigenvalue weighted by Crippen LogP contribution is -2.52. The average molecular weight is 253 g/mol. The summed E-state index contributed by atoms with van der Waals surface area (Å²) in [6.45, 7) is 6.68. The van der Waals surface area contributed by atoms with Crippen molar-refractivity contribution in [3.05, 3.63) is 16.1 Å². The third kappa shape index (κ3) is 2.54. The number of hydrogen-bond acceptors (Lipinski definition) is 4. The zero-order valence-corrected chi connectivity index (χ0v) is 12.1. The van der Waals surface area contributed by atoms with Crippen LogP contribution in [-0.4, -0.2) is 37.1 Å². The maximum absolute atomic E-state index is 4.84. The Hall–Kier alpha value is -0.450. The topological polar surface area (TPSA) is 28.2 Å². The molecule has 2 rings (SSSR count). The van der Waals surface area contributed by atoms with E-state index in [2.05, 4.69) is 43.5 Å². The molecule has 0 saturated carbocycles. The van der Waals surface area contributed by atoms with E-state index in [1.165, 1.54) is 30.1 Å². The Morgan fingerprint density at radius 3 is 2.82 bits per heavy atom. The minimum absolute atomic E-state index is 0.0742. The van der Waals surface area contributed by atoms with Gasteiger partial charge in [0, 0.05) is 11.9 Å². The van der Waals surface area contributed by atoms with Crippen LogP contribution in [0, 0.1) is 0 Å². The summed E-state index contributed by atoms with van der Waals surface area (Å²) in [6.07, 6.45) is 2.44. The highest BCUT2D eigenvalue weighted by atomic mass is 32.1. The molecule has 4 heteroatoms. The van der Waals surface area contributed by atoms with Gasteiger partial charge in [0.2, 0.25) is 0 Å². The van der Waals surface area contributed by atoms with Crippen LogP contribution in [0.3, 0.4) is 0 Å². The number of aromatic nitrogens is 1. The van der Waals surface area contributed by atoms with Crippen molar-refractivity contribution in [2.45, 2.75) is 38.1 Å². The van der Waals surface area contributed by atoms with Gasteiger partial charge in [-0.1, -0.05) is 13.8 Å². The molecule has 1 aliphatic rings. The molecule has 1 aromatic rings. The third-order valence-electron chi connectivity index (χ3n) is 3.68. The van der Waals surface area contributed by atoms with Gasteiger partial charge in [0.25, 0.3) is 0 Å². The van der Waals surface area contributed by atoms with Crippen LogP contribution in [0.5, 0.6) is 0 Å². The molecule has 0 amide bonds. The van der Waals surface area contributed by atoms with Gasteiger partial charge in [-0.2, -0.15) is 0 Å². The molecule has 1 saturated heterocycles. The van der Waals surface area contributed by atoms with Gasteiger partial charge in [-0.05, 0) is 39.4 Å². The first kappa shape index (κ1) is 13.0. The number of thiazole rings is 1. The molecule has 0 aromatic carbocycles. The average Bonchev–Trinajstić information content (AvgIpc) is 2.78. The van der Waals surface area contributed by atoms with Crippen LogP contribution in [0.4, 0.5) is 0 Å². The highest BCUT2D eigenvalue weighted by Gasteiger charge is 2.37. The fourth-order valence-electron chi connectivity index (χ4n) is 2.53. The van der Waals surface area contributed by atoms with Crippen LogP contribution in [0.25, 0.3) is 0 Å². The van der Waals surface area contributed by atoms with Gasteiger partial charge in [-0.15, -0.1) is 11.3 Å². The Kier molecular flexibility index (Phi) is 3.85. The SMILES string of the molecule is CNC1(c2nc(C(C)C)cs2)CCCN(C)C1. The molecule has 0 spiro atoms. The van der Waals surface area contributed by atoms with Crippen molar-refractivity contribution in [3.63, 3.8) is 0 Å². The van der Waals surface area contributed by atoms with Crippen LogP contribution in [0.2, 0.25) is 0 Å². The lowest BCUT2D eigenvalue weighted by atomic mass is 9.90. The van der Waals surface area contributed by atoms with E-state index < -0.39 is 0 Å². The molecule has 1 fully saturated rings. The van der Waals surface area contributed by atoms with Crippen molar-refractivity contribution in [2.75, 3.05) is 27.2 Å². The Morgan fingerprint density at radius 1 is 1.53 bits per heavy atom. The van der Waals surface area contributed by atoms with Crippen molar-refractivity contribution in [2.24, 2.45) is 0 Å². The molecule has 0 aliphatic carbocycles. The van der Waals surface area contributed by atoms with E-state index in [9.17, 15) is 0 Å². The van der Waals surface area contributed by atoms with E-state index in [-0.39, 0.29) is 5.54 Å². The van der Waals surface area contributed by atoms with Crippen molar-refractivity contribution in [3.8, 4) is 0 Å². The smallest absolute Gasteiger partial charge is 0.114 e. The Bertz CT molecular complexity index is 374. The summed E-state index contributed by atoms with van der Waals surface area (Å²) in [5, 5.41) is 7.00. The number of hydrogen-bond donors (Lipinski definition) is 1. The molecule has 96 valence electrons. The minimum atomic E-state index is 0.0742. The van der Waals surface area contributed by atoms with Gasteiger partial charge < -0.3 is 10.2 Å². The third-order valence-corrected chi connectivity index (χ3v) is 4.75. The monoisotopic (exact) mass is 253 g/mol. The summed E-state index contributed by atoms with van der Waals surface area (Å²) in [4.78, 5) is 7.24.